The first-order valence-electron chi connectivity index (χ1n) is 8.98. The molecular weight excluding hydrogens is 318 g/mol. The number of carbonyl (C=O) groups excluding carboxylic acids is 3. The van der Waals surface area contributed by atoms with Crippen LogP contribution in [0.1, 0.15) is 32.3 Å². The molecule has 25 heavy (non-hydrogen) atoms. The van der Waals surface area contributed by atoms with Crippen molar-refractivity contribution in [3.05, 3.63) is 29.8 Å². The van der Waals surface area contributed by atoms with E-state index < -0.39 is 0 Å². The van der Waals surface area contributed by atoms with E-state index in [0.29, 0.717) is 32.5 Å². The zero-order valence-electron chi connectivity index (χ0n) is 15.1. The maximum atomic E-state index is 12.3. The zero-order chi connectivity index (χ0) is 18.2. The van der Waals surface area contributed by atoms with Gasteiger partial charge >= 0.3 is 0 Å². The number of ketones is 1. The maximum Gasteiger partial charge on any atom is 0.279 e. The van der Waals surface area contributed by atoms with Crippen LogP contribution in [0, 0.1) is 0 Å². The monoisotopic (exact) mass is 346 g/mol. The first-order valence-corrected chi connectivity index (χ1v) is 8.98. The molecule has 1 saturated heterocycles. The number of nitrogens with zero attached hydrogens (tertiary/aromatic N) is 1. The Balaban J connectivity index is 1.77. The second kappa shape index (κ2) is 9.32. The van der Waals surface area contributed by atoms with Crippen LogP contribution in [0.15, 0.2) is 24.3 Å². The highest BCUT2D eigenvalue weighted by atomic mass is 16.2. The van der Waals surface area contributed by atoms with Crippen molar-refractivity contribution in [2.45, 2.75) is 33.1 Å². The number of hydrogen-bond donors (Lipinski definition) is 2. The molecule has 1 heterocycles. The van der Waals surface area contributed by atoms with Crippen LogP contribution >= 0.6 is 0 Å². The van der Waals surface area contributed by atoms with E-state index in [1.165, 1.54) is 11.8 Å². The van der Waals surface area contributed by atoms with Crippen LogP contribution in [-0.4, -0.2) is 55.2 Å². The molecule has 0 aliphatic carbocycles. The number of rotatable bonds is 7. The van der Waals surface area contributed by atoms with Gasteiger partial charge in [0.15, 0.2) is 6.54 Å². The van der Waals surface area contributed by atoms with E-state index in [9.17, 15) is 14.4 Å². The smallest absolute Gasteiger partial charge is 0.279 e. The molecule has 1 aliphatic heterocycles. The Morgan fingerprint density at radius 2 is 1.80 bits per heavy atom. The van der Waals surface area contributed by atoms with Crippen LogP contribution in [0.2, 0.25) is 0 Å². The average molecular weight is 346 g/mol. The second-order valence-electron chi connectivity index (χ2n) is 6.57. The number of para-hydroxylation sites is 1. The molecule has 6 nitrogen and oxygen atoms in total. The van der Waals surface area contributed by atoms with Crippen LogP contribution < -0.4 is 10.2 Å². The quantitative estimate of drug-likeness (QED) is 0.745. The van der Waals surface area contributed by atoms with Crippen molar-refractivity contribution in [3.8, 4) is 0 Å². The molecule has 2 amide bonds. The van der Waals surface area contributed by atoms with Crippen molar-refractivity contribution >= 4 is 23.3 Å². The maximum absolute atomic E-state index is 12.3. The molecule has 0 unspecified atom stereocenters. The lowest BCUT2D eigenvalue weighted by Gasteiger charge is -2.32. The van der Waals surface area contributed by atoms with Gasteiger partial charge in [0.1, 0.15) is 5.78 Å². The molecule has 0 radical (unpaired) electrons. The molecule has 1 aromatic carbocycles. The van der Waals surface area contributed by atoms with E-state index in [1.807, 2.05) is 24.3 Å². The van der Waals surface area contributed by atoms with Crippen molar-refractivity contribution in [3.63, 3.8) is 0 Å². The predicted molar refractivity (Wildman–Crippen MR) is 96.5 cm³/mol. The summed E-state index contributed by atoms with van der Waals surface area (Å²) in [5, 5.41) is 3.00. The minimum Gasteiger partial charge on any atom is -0.331 e. The van der Waals surface area contributed by atoms with Crippen LogP contribution in [0.5, 0.6) is 0 Å². The minimum atomic E-state index is 0.00672. The highest BCUT2D eigenvalue weighted by Crippen LogP contribution is 2.14. The molecule has 0 bridgehead atoms. The molecule has 1 aliphatic rings. The highest BCUT2D eigenvalue weighted by Gasteiger charge is 2.25. The summed E-state index contributed by atoms with van der Waals surface area (Å²) >= 11 is 0. The lowest BCUT2D eigenvalue weighted by atomic mass is 10.1. The SMILES string of the molecule is CCc1ccccc1NC(=O)C[NH+]1CCN(C(=O)CCC(C)=O)CC1. The molecule has 136 valence electrons. The van der Waals surface area contributed by atoms with E-state index >= 15 is 0 Å². The van der Waals surface area contributed by atoms with Gasteiger partial charge in [-0.3, -0.25) is 9.59 Å². The van der Waals surface area contributed by atoms with Crippen molar-refractivity contribution in [2.75, 3.05) is 38.0 Å². The Hall–Kier alpha value is -2.21. The van der Waals surface area contributed by atoms with Gasteiger partial charge in [-0.25, -0.2) is 0 Å². The highest BCUT2D eigenvalue weighted by molar-refractivity contribution is 5.92. The number of hydrogen-bond acceptors (Lipinski definition) is 3. The molecule has 2 rings (SSSR count). The summed E-state index contributed by atoms with van der Waals surface area (Å²) in [6.07, 6.45) is 1.48. The number of anilines is 1. The van der Waals surface area contributed by atoms with Gasteiger partial charge in [0.25, 0.3) is 5.91 Å². The number of Topliss-reactive ketones (excluding diaryl/α,β-unsaturated/α-hetero) is 1. The van der Waals surface area contributed by atoms with E-state index in [2.05, 4.69) is 12.2 Å². The number of aryl methyl sites for hydroxylation is 1. The lowest BCUT2D eigenvalue weighted by molar-refractivity contribution is -0.895. The van der Waals surface area contributed by atoms with Gasteiger partial charge in [0.2, 0.25) is 5.91 Å². The third-order valence-corrected chi connectivity index (χ3v) is 4.60. The summed E-state index contributed by atoms with van der Waals surface area (Å²) in [7, 11) is 0. The third kappa shape index (κ3) is 5.98. The summed E-state index contributed by atoms with van der Waals surface area (Å²) in [6, 6.07) is 7.85. The van der Waals surface area contributed by atoms with E-state index in [0.717, 1.165) is 30.8 Å². The normalized spacial score (nSPS) is 15.0. The molecule has 2 N–H and O–H groups in total. The van der Waals surface area contributed by atoms with Gasteiger partial charge in [-0.15, -0.1) is 0 Å². The van der Waals surface area contributed by atoms with Crippen molar-refractivity contribution in [1.82, 2.24) is 4.90 Å². The predicted octanol–water partition coefficient (Wildman–Crippen LogP) is 0.284. The Bertz CT molecular complexity index is 622. The van der Waals surface area contributed by atoms with Crippen LogP contribution in [0.4, 0.5) is 5.69 Å². The standard InChI is InChI=1S/C19H27N3O3/c1-3-16-6-4-5-7-17(16)20-18(24)14-21-10-12-22(13-11-21)19(25)9-8-15(2)23/h4-7H,3,8-14H2,1-2H3,(H,20,24)/p+1. The van der Waals surface area contributed by atoms with Gasteiger partial charge < -0.3 is 19.9 Å². The van der Waals surface area contributed by atoms with Crippen LogP contribution in [0.25, 0.3) is 0 Å². The molecule has 0 aromatic heterocycles. The van der Waals surface area contributed by atoms with Crippen LogP contribution in [-0.2, 0) is 20.8 Å². The fourth-order valence-electron chi connectivity index (χ4n) is 3.06. The average Bonchev–Trinajstić information content (AvgIpc) is 2.60. The lowest BCUT2D eigenvalue weighted by Crippen LogP contribution is -3.15. The summed E-state index contributed by atoms with van der Waals surface area (Å²) < 4.78 is 0. The molecule has 0 saturated carbocycles. The van der Waals surface area contributed by atoms with Crippen molar-refractivity contribution in [1.29, 1.82) is 0 Å². The number of amides is 2. The number of quaternary nitrogens is 1. The fourth-order valence-corrected chi connectivity index (χ4v) is 3.06. The van der Waals surface area contributed by atoms with Crippen molar-refractivity contribution < 1.29 is 19.3 Å². The summed E-state index contributed by atoms with van der Waals surface area (Å²) in [5.41, 5.74) is 2.01. The van der Waals surface area contributed by atoms with E-state index in [4.69, 9.17) is 0 Å². The zero-order valence-corrected chi connectivity index (χ0v) is 15.1. The Morgan fingerprint density at radius 1 is 1.12 bits per heavy atom. The number of nitrogens with one attached hydrogen (secondary N) is 2. The van der Waals surface area contributed by atoms with E-state index in [1.54, 1.807) is 4.90 Å². The molecule has 6 heteroatoms. The number of carbonyl (C=O) groups is 3. The fraction of sp³-hybridized carbons (Fsp3) is 0.526. The van der Waals surface area contributed by atoms with E-state index in [-0.39, 0.29) is 17.6 Å². The molecular formula is C19H28N3O3+. The largest absolute Gasteiger partial charge is 0.331 e. The van der Waals surface area contributed by atoms with Gasteiger partial charge in [0, 0.05) is 18.5 Å². The second-order valence-corrected chi connectivity index (χ2v) is 6.57. The Labute approximate surface area is 149 Å². The summed E-state index contributed by atoms with van der Waals surface area (Å²) in [6.45, 7) is 6.79. The minimum absolute atomic E-state index is 0.00672. The Kier molecular flexibility index (Phi) is 7.13. The number of benzene rings is 1. The molecule has 1 aromatic rings. The molecule has 1 fully saturated rings. The summed E-state index contributed by atoms with van der Waals surface area (Å²) in [5.74, 6) is 0.0875. The number of piperazine rings is 1. The van der Waals surface area contributed by atoms with Gasteiger partial charge in [0.05, 0.1) is 26.2 Å². The van der Waals surface area contributed by atoms with Crippen LogP contribution in [0.3, 0.4) is 0 Å². The molecule has 0 atom stereocenters. The topological polar surface area (TPSA) is 70.9 Å². The van der Waals surface area contributed by atoms with Gasteiger partial charge in [-0.05, 0) is 25.0 Å². The third-order valence-electron chi connectivity index (χ3n) is 4.60. The molecule has 0 spiro atoms. The first-order chi connectivity index (χ1) is 12.0. The first kappa shape index (κ1) is 19.1. The van der Waals surface area contributed by atoms with Gasteiger partial charge in [-0.1, -0.05) is 25.1 Å². The summed E-state index contributed by atoms with van der Waals surface area (Å²) in [4.78, 5) is 38.3. The van der Waals surface area contributed by atoms with Crippen molar-refractivity contribution in [2.24, 2.45) is 0 Å². The van der Waals surface area contributed by atoms with Gasteiger partial charge in [-0.2, -0.15) is 0 Å². The Morgan fingerprint density at radius 3 is 2.44 bits per heavy atom.